The molecule has 1 N–H and O–H groups in total. The summed E-state index contributed by atoms with van der Waals surface area (Å²) in [7, 11) is 1.38. The normalized spacial score (nSPS) is 15.3. The van der Waals surface area contributed by atoms with Gasteiger partial charge < -0.3 is 9.47 Å². The molecule has 0 saturated carbocycles. The molecule has 0 spiro atoms. The summed E-state index contributed by atoms with van der Waals surface area (Å²) in [6, 6.07) is 10.1. The van der Waals surface area contributed by atoms with Crippen LogP contribution in [0.4, 0.5) is 10.1 Å². The van der Waals surface area contributed by atoms with Crippen LogP contribution in [0, 0.1) is 5.82 Å². The van der Waals surface area contributed by atoms with Gasteiger partial charge in [-0.1, -0.05) is 18.2 Å². The fourth-order valence-electron chi connectivity index (χ4n) is 2.69. The lowest BCUT2D eigenvalue weighted by Gasteiger charge is -2.29. The van der Waals surface area contributed by atoms with Gasteiger partial charge in [0.05, 0.1) is 12.8 Å². The molecule has 0 unspecified atom stereocenters. The van der Waals surface area contributed by atoms with E-state index in [1.165, 1.54) is 56.5 Å². The van der Waals surface area contributed by atoms with Crippen LogP contribution in [0.2, 0.25) is 0 Å². The summed E-state index contributed by atoms with van der Waals surface area (Å²) >= 11 is 5.05. The van der Waals surface area contributed by atoms with Gasteiger partial charge in [-0.05, 0) is 48.1 Å². The number of rotatable bonds is 4. The van der Waals surface area contributed by atoms with Crippen molar-refractivity contribution in [3.8, 4) is 11.5 Å². The molecule has 148 valence electrons. The summed E-state index contributed by atoms with van der Waals surface area (Å²) in [6.45, 7) is 1.25. The van der Waals surface area contributed by atoms with E-state index in [4.69, 9.17) is 21.7 Å². The second-order valence-electron chi connectivity index (χ2n) is 5.91. The van der Waals surface area contributed by atoms with Gasteiger partial charge in [0, 0.05) is 6.92 Å². The molecule has 7 nitrogen and oxygen atoms in total. The predicted octanol–water partition coefficient (Wildman–Crippen LogP) is 2.59. The number of carbonyl (C=O) groups excluding carboxylic acids is 3. The molecule has 1 aliphatic heterocycles. The number of benzene rings is 2. The molecule has 0 bridgehead atoms. The van der Waals surface area contributed by atoms with Crippen LogP contribution in [0.3, 0.4) is 0 Å². The first-order valence-corrected chi connectivity index (χ1v) is 8.75. The highest BCUT2D eigenvalue weighted by molar-refractivity contribution is 7.80. The Kier molecular flexibility index (Phi) is 5.69. The van der Waals surface area contributed by atoms with Crippen LogP contribution in [0.25, 0.3) is 6.08 Å². The lowest BCUT2D eigenvalue weighted by molar-refractivity contribution is -0.132. The van der Waals surface area contributed by atoms with E-state index >= 15 is 0 Å². The number of carbonyl (C=O) groups is 3. The lowest BCUT2D eigenvalue weighted by atomic mass is 10.1. The number of para-hydroxylation sites is 1. The van der Waals surface area contributed by atoms with E-state index < -0.39 is 23.6 Å². The van der Waals surface area contributed by atoms with Crippen LogP contribution >= 0.6 is 12.2 Å². The molecule has 1 aliphatic rings. The molecule has 1 saturated heterocycles. The zero-order chi connectivity index (χ0) is 21.1. The van der Waals surface area contributed by atoms with Gasteiger partial charge in [-0.15, -0.1) is 0 Å². The minimum Gasteiger partial charge on any atom is -0.493 e. The molecule has 1 heterocycles. The van der Waals surface area contributed by atoms with Crippen LogP contribution in [-0.4, -0.2) is 30.0 Å². The third kappa shape index (κ3) is 4.14. The van der Waals surface area contributed by atoms with E-state index in [9.17, 15) is 18.8 Å². The van der Waals surface area contributed by atoms with Crippen molar-refractivity contribution in [1.82, 2.24) is 5.32 Å². The average molecular weight is 414 g/mol. The largest absolute Gasteiger partial charge is 0.493 e. The quantitative estimate of drug-likeness (QED) is 0.272. The molecule has 0 aromatic heterocycles. The minimum atomic E-state index is -0.771. The van der Waals surface area contributed by atoms with Crippen molar-refractivity contribution >= 4 is 46.9 Å². The Labute approximate surface area is 170 Å². The second kappa shape index (κ2) is 8.19. The molecule has 1 fully saturated rings. The smallest absolute Gasteiger partial charge is 0.308 e. The van der Waals surface area contributed by atoms with Crippen molar-refractivity contribution in [1.29, 1.82) is 0 Å². The number of ether oxygens (including phenoxy) is 2. The van der Waals surface area contributed by atoms with Crippen LogP contribution in [-0.2, 0) is 14.4 Å². The Bertz CT molecular complexity index is 1070. The molecule has 0 aliphatic carbocycles. The standard InChI is InChI=1S/C20H15FN2O5S/c1-11(24)28-16-8-7-12(10-17(16)27-2)9-13-18(25)22-20(29)23(19(13)26)15-6-4-3-5-14(15)21/h3-10H,1-2H3,(H,22,25,29)/b13-9+. The molecule has 3 rings (SSSR count). The van der Waals surface area contributed by atoms with Crippen molar-refractivity contribution < 1.29 is 28.2 Å². The molecule has 2 amide bonds. The highest BCUT2D eigenvalue weighted by Crippen LogP contribution is 2.30. The topological polar surface area (TPSA) is 84.9 Å². The number of nitrogens with zero attached hydrogens (tertiary/aromatic N) is 1. The van der Waals surface area contributed by atoms with Gasteiger partial charge >= 0.3 is 5.97 Å². The van der Waals surface area contributed by atoms with Crippen LogP contribution in [0.5, 0.6) is 11.5 Å². The fourth-order valence-corrected chi connectivity index (χ4v) is 2.96. The number of methoxy groups -OCH3 is 1. The van der Waals surface area contributed by atoms with Crippen molar-refractivity contribution in [3.63, 3.8) is 0 Å². The lowest BCUT2D eigenvalue weighted by Crippen LogP contribution is -2.54. The number of hydrogen-bond donors (Lipinski definition) is 1. The van der Waals surface area contributed by atoms with Crippen LogP contribution in [0.15, 0.2) is 48.0 Å². The Morgan fingerprint density at radius 3 is 2.55 bits per heavy atom. The number of nitrogens with one attached hydrogen (secondary N) is 1. The maximum absolute atomic E-state index is 14.2. The first-order valence-electron chi connectivity index (χ1n) is 8.34. The van der Waals surface area contributed by atoms with Gasteiger partial charge in [-0.2, -0.15) is 0 Å². The molecular formula is C20H15FN2O5S. The summed E-state index contributed by atoms with van der Waals surface area (Å²) in [6.07, 6.45) is 1.31. The number of halogens is 1. The molecule has 2 aromatic rings. The second-order valence-corrected chi connectivity index (χ2v) is 6.30. The van der Waals surface area contributed by atoms with E-state index in [1.807, 2.05) is 0 Å². The third-order valence-electron chi connectivity index (χ3n) is 3.95. The SMILES string of the molecule is COc1cc(/C=C2\C(=O)NC(=S)N(c3ccccc3F)C2=O)ccc1OC(C)=O. The zero-order valence-corrected chi connectivity index (χ0v) is 16.2. The number of thiocarbonyl (C=S) groups is 1. The van der Waals surface area contributed by atoms with Gasteiger partial charge in [-0.3, -0.25) is 19.7 Å². The van der Waals surface area contributed by atoms with E-state index in [2.05, 4.69) is 5.32 Å². The van der Waals surface area contributed by atoms with Gasteiger partial charge in [0.15, 0.2) is 16.6 Å². The zero-order valence-electron chi connectivity index (χ0n) is 15.4. The van der Waals surface area contributed by atoms with Gasteiger partial charge in [-0.25, -0.2) is 9.29 Å². The maximum atomic E-state index is 14.2. The first kappa shape index (κ1) is 20.2. The predicted molar refractivity (Wildman–Crippen MR) is 107 cm³/mol. The number of amides is 2. The number of anilines is 1. The maximum Gasteiger partial charge on any atom is 0.308 e. The van der Waals surface area contributed by atoms with E-state index in [0.29, 0.717) is 5.56 Å². The van der Waals surface area contributed by atoms with Crippen molar-refractivity contribution in [2.75, 3.05) is 12.0 Å². The van der Waals surface area contributed by atoms with E-state index in [1.54, 1.807) is 6.07 Å². The van der Waals surface area contributed by atoms with Crippen molar-refractivity contribution in [2.45, 2.75) is 6.92 Å². The molecule has 29 heavy (non-hydrogen) atoms. The van der Waals surface area contributed by atoms with Crippen molar-refractivity contribution in [3.05, 3.63) is 59.4 Å². The highest BCUT2D eigenvalue weighted by atomic mass is 32.1. The highest BCUT2D eigenvalue weighted by Gasteiger charge is 2.35. The monoisotopic (exact) mass is 414 g/mol. The Hall–Kier alpha value is -3.59. The van der Waals surface area contributed by atoms with E-state index in [-0.39, 0.29) is 27.9 Å². The summed E-state index contributed by atoms with van der Waals surface area (Å²) in [5, 5.41) is 2.17. The number of hydrogen-bond acceptors (Lipinski definition) is 6. The minimum absolute atomic E-state index is 0.0730. The van der Waals surface area contributed by atoms with Gasteiger partial charge in [0.25, 0.3) is 11.8 Å². The molecule has 9 heteroatoms. The summed E-state index contributed by atoms with van der Waals surface area (Å²) in [4.78, 5) is 37.3. The van der Waals surface area contributed by atoms with Crippen molar-refractivity contribution in [2.24, 2.45) is 0 Å². The first-order chi connectivity index (χ1) is 13.8. The molecule has 0 atom stereocenters. The summed E-state index contributed by atoms with van der Waals surface area (Å²) in [5.74, 6) is -2.24. The summed E-state index contributed by atoms with van der Waals surface area (Å²) in [5.41, 5.74) is 0.109. The third-order valence-corrected chi connectivity index (χ3v) is 4.23. The van der Waals surface area contributed by atoms with E-state index in [0.717, 1.165) is 4.90 Å². The Balaban J connectivity index is 2.01. The Morgan fingerprint density at radius 1 is 1.17 bits per heavy atom. The summed E-state index contributed by atoms with van der Waals surface area (Å²) < 4.78 is 24.4. The number of esters is 1. The molecular weight excluding hydrogens is 399 g/mol. The van der Waals surface area contributed by atoms with Crippen LogP contribution in [0.1, 0.15) is 12.5 Å². The Morgan fingerprint density at radius 2 is 1.90 bits per heavy atom. The molecule has 2 aromatic carbocycles. The van der Waals surface area contributed by atoms with Crippen LogP contribution < -0.4 is 19.7 Å². The van der Waals surface area contributed by atoms with Gasteiger partial charge in [0.2, 0.25) is 0 Å². The molecule has 0 radical (unpaired) electrons. The average Bonchev–Trinajstić information content (AvgIpc) is 2.67. The van der Waals surface area contributed by atoms with Gasteiger partial charge in [0.1, 0.15) is 11.4 Å². The fraction of sp³-hybridized carbons (Fsp3) is 0.100.